The Morgan fingerprint density at radius 3 is 2.62 bits per heavy atom. The molecule has 0 aliphatic carbocycles. The zero-order chi connectivity index (χ0) is 24.7. The van der Waals surface area contributed by atoms with Crippen molar-refractivity contribution in [1.82, 2.24) is 0 Å². The summed E-state index contributed by atoms with van der Waals surface area (Å²) in [6.45, 7) is 8.11. The van der Waals surface area contributed by atoms with Crippen LogP contribution in [-0.4, -0.2) is 5.91 Å². The van der Waals surface area contributed by atoms with E-state index in [1.54, 1.807) is 30.4 Å². The molecule has 0 saturated carbocycles. The van der Waals surface area contributed by atoms with E-state index in [4.69, 9.17) is 16.3 Å². The molecule has 3 aromatic carbocycles. The number of anilines is 1. The number of ether oxygens (including phenoxy) is 1. The SMILES string of the molecule is C=CCc1cc(/C=C(/C#N)C(=O)Nc2cccc(Cl)c2C)cc(Br)c1OCc1ccc(C)cc1. The van der Waals surface area contributed by atoms with Crippen LogP contribution in [0.1, 0.15) is 27.8 Å². The van der Waals surface area contributed by atoms with Gasteiger partial charge in [0.05, 0.1) is 4.47 Å². The van der Waals surface area contributed by atoms with Crippen molar-refractivity contribution in [3.05, 3.63) is 110 Å². The fourth-order valence-electron chi connectivity index (χ4n) is 3.31. The average molecular weight is 536 g/mol. The summed E-state index contributed by atoms with van der Waals surface area (Å²) >= 11 is 9.72. The molecule has 6 heteroatoms. The first kappa shape index (κ1) is 25.3. The van der Waals surface area contributed by atoms with Crippen LogP contribution in [0.2, 0.25) is 5.02 Å². The zero-order valence-corrected chi connectivity index (χ0v) is 21.3. The van der Waals surface area contributed by atoms with Gasteiger partial charge in [-0.3, -0.25) is 4.79 Å². The van der Waals surface area contributed by atoms with Gasteiger partial charge in [0.2, 0.25) is 0 Å². The van der Waals surface area contributed by atoms with Gasteiger partial charge in [0, 0.05) is 10.7 Å². The highest BCUT2D eigenvalue weighted by atomic mass is 79.9. The number of nitrogens with zero attached hydrogens (tertiary/aromatic N) is 1. The quantitative estimate of drug-likeness (QED) is 0.184. The monoisotopic (exact) mass is 534 g/mol. The number of halogens is 2. The van der Waals surface area contributed by atoms with Crippen LogP contribution in [0.25, 0.3) is 6.08 Å². The third-order valence-electron chi connectivity index (χ3n) is 5.20. The number of nitriles is 1. The molecule has 0 fully saturated rings. The summed E-state index contributed by atoms with van der Waals surface area (Å²) in [5.74, 6) is 0.198. The summed E-state index contributed by atoms with van der Waals surface area (Å²) in [6.07, 6.45) is 3.91. The first-order chi connectivity index (χ1) is 16.3. The Kier molecular flexibility index (Phi) is 8.70. The molecule has 0 aliphatic heterocycles. The molecule has 1 amide bonds. The number of hydrogen-bond donors (Lipinski definition) is 1. The largest absolute Gasteiger partial charge is 0.487 e. The molecule has 0 heterocycles. The lowest BCUT2D eigenvalue weighted by Gasteiger charge is -2.14. The molecule has 0 aliphatic rings. The summed E-state index contributed by atoms with van der Waals surface area (Å²) in [5, 5.41) is 12.9. The van der Waals surface area contributed by atoms with Gasteiger partial charge in [-0.15, -0.1) is 6.58 Å². The van der Waals surface area contributed by atoms with Crippen LogP contribution in [0, 0.1) is 25.2 Å². The smallest absolute Gasteiger partial charge is 0.266 e. The Hall–Kier alpha value is -3.33. The van der Waals surface area contributed by atoms with Gasteiger partial charge in [-0.25, -0.2) is 0 Å². The zero-order valence-electron chi connectivity index (χ0n) is 19.0. The predicted molar refractivity (Wildman–Crippen MR) is 142 cm³/mol. The lowest BCUT2D eigenvalue weighted by molar-refractivity contribution is -0.112. The molecule has 172 valence electrons. The fraction of sp³-hybridized carbons (Fsp3) is 0.143. The van der Waals surface area contributed by atoms with Crippen LogP contribution in [0.4, 0.5) is 5.69 Å². The second-order valence-electron chi connectivity index (χ2n) is 7.79. The summed E-state index contributed by atoms with van der Waals surface area (Å²) in [7, 11) is 0. The van der Waals surface area contributed by atoms with Gasteiger partial charge in [0.1, 0.15) is 24.0 Å². The maximum Gasteiger partial charge on any atom is 0.266 e. The molecule has 0 saturated heterocycles. The first-order valence-electron chi connectivity index (χ1n) is 10.6. The number of benzene rings is 3. The predicted octanol–water partition coefficient (Wildman–Crippen LogP) is 7.57. The lowest BCUT2D eigenvalue weighted by Crippen LogP contribution is -2.14. The summed E-state index contributed by atoms with van der Waals surface area (Å²) in [6, 6.07) is 19.1. The van der Waals surface area contributed by atoms with Crippen LogP contribution in [-0.2, 0) is 17.8 Å². The highest BCUT2D eigenvalue weighted by Crippen LogP contribution is 2.33. The molecule has 0 bridgehead atoms. The number of amides is 1. The second-order valence-corrected chi connectivity index (χ2v) is 9.06. The van der Waals surface area contributed by atoms with E-state index >= 15 is 0 Å². The molecule has 1 N–H and O–H groups in total. The van der Waals surface area contributed by atoms with E-state index in [2.05, 4.69) is 27.8 Å². The number of aryl methyl sites for hydroxylation is 1. The van der Waals surface area contributed by atoms with Crippen molar-refractivity contribution in [3.63, 3.8) is 0 Å². The summed E-state index contributed by atoms with van der Waals surface area (Å²) < 4.78 is 6.84. The Morgan fingerprint density at radius 2 is 1.94 bits per heavy atom. The van der Waals surface area contributed by atoms with Gasteiger partial charge in [-0.2, -0.15) is 5.26 Å². The van der Waals surface area contributed by atoms with Crippen LogP contribution >= 0.6 is 27.5 Å². The van der Waals surface area contributed by atoms with E-state index in [1.807, 2.05) is 56.3 Å². The molecule has 0 spiro atoms. The fourth-order valence-corrected chi connectivity index (χ4v) is 4.12. The molecule has 0 radical (unpaired) electrons. The van der Waals surface area contributed by atoms with Gasteiger partial charge in [-0.1, -0.05) is 53.6 Å². The summed E-state index contributed by atoms with van der Waals surface area (Å²) in [5.41, 5.74) is 5.12. The Bertz CT molecular complexity index is 1290. The molecule has 3 aromatic rings. The molecule has 34 heavy (non-hydrogen) atoms. The third kappa shape index (κ3) is 6.38. The Balaban J connectivity index is 1.86. The van der Waals surface area contributed by atoms with E-state index in [0.717, 1.165) is 21.2 Å². The van der Waals surface area contributed by atoms with Gasteiger partial charge in [-0.05, 0) is 88.8 Å². The molecular weight excluding hydrogens is 512 g/mol. The molecular formula is C28H24BrClN2O2. The second kappa shape index (κ2) is 11.7. The molecule has 4 nitrogen and oxygen atoms in total. The number of allylic oxidation sites excluding steroid dienone is 1. The first-order valence-corrected chi connectivity index (χ1v) is 11.8. The van der Waals surface area contributed by atoms with Crippen LogP contribution in [0.15, 0.2) is 77.3 Å². The maximum absolute atomic E-state index is 12.8. The minimum absolute atomic E-state index is 0.0239. The maximum atomic E-state index is 12.8. The molecule has 0 unspecified atom stereocenters. The Morgan fingerprint density at radius 1 is 1.21 bits per heavy atom. The van der Waals surface area contributed by atoms with Crippen molar-refractivity contribution in [1.29, 1.82) is 5.26 Å². The van der Waals surface area contributed by atoms with Crippen LogP contribution < -0.4 is 10.1 Å². The number of hydrogen-bond acceptors (Lipinski definition) is 3. The van der Waals surface area contributed by atoms with Gasteiger partial charge >= 0.3 is 0 Å². The number of carbonyl (C=O) groups is 1. The van der Waals surface area contributed by atoms with E-state index in [9.17, 15) is 10.1 Å². The van der Waals surface area contributed by atoms with E-state index in [1.165, 1.54) is 5.56 Å². The minimum atomic E-state index is -0.506. The van der Waals surface area contributed by atoms with Gasteiger partial charge < -0.3 is 10.1 Å². The van der Waals surface area contributed by atoms with Gasteiger partial charge in [0.15, 0.2) is 0 Å². The van der Waals surface area contributed by atoms with Crippen molar-refractivity contribution in [2.24, 2.45) is 0 Å². The van der Waals surface area contributed by atoms with E-state index in [0.29, 0.717) is 35.1 Å². The molecule has 0 aromatic heterocycles. The van der Waals surface area contributed by atoms with Crippen LogP contribution in [0.5, 0.6) is 5.75 Å². The number of carbonyl (C=O) groups excluding carboxylic acids is 1. The van der Waals surface area contributed by atoms with Crippen molar-refractivity contribution in [2.75, 3.05) is 5.32 Å². The standard InChI is InChI=1S/C28H24BrClN2O2/c1-4-6-22-13-21(15-24(29)27(22)34-17-20-11-9-18(2)10-12-20)14-23(16-31)28(33)32-26-8-5-7-25(30)19(26)3/h4-5,7-15H,1,6,17H2,2-3H3,(H,32,33)/b23-14-. The molecule has 0 atom stereocenters. The number of rotatable bonds is 8. The van der Waals surface area contributed by atoms with E-state index < -0.39 is 5.91 Å². The average Bonchev–Trinajstić information content (AvgIpc) is 2.81. The van der Waals surface area contributed by atoms with Gasteiger partial charge in [0.25, 0.3) is 5.91 Å². The topological polar surface area (TPSA) is 62.1 Å². The molecule has 3 rings (SSSR count). The minimum Gasteiger partial charge on any atom is -0.487 e. The van der Waals surface area contributed by atoms with Crippen molar-refractivity contribution >= 4 is 45.2 Å². The van der Waals surface area contributed by atoms with Crippen molar-refractivity contribution in [2.45, 2.75) is 26.9 Å². The van der Waals surface area contributed by atoms with Crippen molar-refractivity contribution < 1.29 is 9.53 Å². The van der Waals surface area contributed by atoms with Crippen LogP contribution in [0.3, 0.4) is 0 Å². The summed E-state index contributed by atoms with van der Waals surface area (Å²) in [4.78, 5) is 12.8. The normalized spacial score (nSPS) is 11.0. The van der Waals surface area contributed by atoms with Crippen molar-refractivity contribution in [3.8, 4) is 11.8 Å². The highest BCUT2D eigenvalue weighted by molar-refractivity contribution is 9.10. The van der Waals surface area contributed by atoms with E-state index in [-0.39, 0.29) is 5.57 Å². The Labute approximate surface area is 213 Å². The number of nitrogens with one attached hydrogen (secondary N) is 1. The lowest BCUT2D eigenvalue weighted by atomic mass is 10.0. The highest BCUT2D eigenvalue weighted by Gasteiger charge is 2.14. The third-order valence-corrected chi connectivity index (χ3v) is 6.20.